The summed E-state index contributed by atoms with van der Waals surface area (Å²) in [6, 6.07) is 3.86. The molecule has 0 fully saturated rings. The molecule has 0 bridgehead atoms. The van der Waals surface area contributed by atoms with Crippen LogP contribution in [0.1, 0.15) is 11.3 Å². The number of aromatic nitrogens is 5. The van der Waals surface area contributed by atoms with Crippen molar-refractivity contribution in [1.82, 2.24) is 24.3 Å². The minimum absolute atomic E-state index is 0.0526. The van der Waals surface area contributed by atoms with Gasteiger partial charge in [0.2, 0.25) is 0 Å². The van der Waals surface area contributed by atoms with Crippen LogP contribution in [0.3, 0.4) is 0 Å². The molecule has 0 saturated heterocycles. The summed E-state index contributed by atoms with van der Waals surface area (Å²) in [5.41, 5.74) is 5.65. The number of rotatable bonds is 5. The van der Waals surface area contributed by atoms with Gasteiger partial charge in [0.15, 0.2) is 0 Å². The quantitative estimate of drug-likeness (QED) is 0.656. The lowest BCUT2D eigenvalue weighted by atomic mass is 10.1. The molecule has 0 aliphatic carbocycles. The average Bonchev–Trinajstić information content (AvgIpc) is 3.05. The van der Waals surface area contributed by atoms with Gasteiger partial charge in [-0.25, -0.2) is 23.4 Å². The fraction of sp³-hybridized carbons (Fsp3) is 0.222. The van der Waals surface area contributed by atoms with E-state index in [1.807, 2.05) is 0 Å². The van der Waals surface area contributed by atoms with E-state index in [2.05, 4.69) is 15.1 Å². The van der Waals surface area contributed by atoms with Crippen molar-refractivity contribution in [2.45, 2.75) is 19.6 Å². The van der Waals surface area contributed by atoms with E-state index < -0.39 is 17.6 Å². The maximum atomic E-state index is 12.7. The summed E-state index contributed by atoms with van der Waals surface area (Å²) in [6.07, 6.45) is -0.395. The van der Waals surface area contributed by atoms with Crippen LogP contribution in [0.25, 0.3) is 16.9 Å². The Hall–Kier alpha value is -3.34. The molecular weight excluding hydrogens is 392 g/mol. The van der Waals surface area contributed by atoms with Gasteiger partial charge in [-0.1, -0.05) is 6.07 Å². The lowest BCUT2D eigenvalue weighted by molar-refractivity contribution is -0.141. The second-order valence-electron chi connectivity index (χ2n) is 6.21. The van der Waals surface area contributed by atoms with Crippen molar-refractivity contribution in [2.75, 3.05) is 6.54 Å². The van der Waals surface area contributed by atoms with Crippen molar-refractivity contribution in [3.63, 3.8) is 0 Å². The molecule has 29 heavy (non-hydrogen) atoms. The van der Waals surface area contributed by atoms with Crippen molar-refractivity contribution < 1.29 is 17.6 Å². The molecule has 0 radical (unpaired) electrons. The van der Waals surface area contributed by atoms with Gasteiger partial charge < -0.3 is 5.73 Å². The van der Waals surface area contributed by atoms with Crippen molar-refractivity contribution in [3.05, 3.63) is 70.6 Å². The second-order valence-corrected chi connectivity index (χ2v) is 6.21. The Labute approximate surface area is 162 Å². The third-order valence-electron chi connectivity index (χ3n) is 4.17. The number of hydrogen-bond acceptors (Lipinski definition) is 5. The smallest absolute Gasteiger partial charge is 0.327 e. The largest absolute Gasteiger partial charge is 0.433 e. The van der Waals surface area contributed by atoms with Gasteiger partial charge in [-0.2, -0.15) is 18.3 Å². The van der Waals surface area contributed by atoms with Crippen molar-refractivity contribution in [3.8, 4) is 16.9 Å². The van der Waals surface area contributed by atoms with E-state index in [-0.39, 0.29) is 18.7 Å². The maximum Gasteiger partial charge on any atom is 0.433 e. The summed E-state index contributed by atoms with van der Waals surface area (Å²) in [7, 11) is 0. The van der Waals surface area contributed by atoms with Gasteiger partial charge in [0.25, 0.3) is 0 Å². The van der Waals surface area contributed by atoms with Crippen LogP contribution >= 0.6 is 0 Å². The monoisotopic (exact) mass is 408 g/mol. The first kappa shape index (κ1) is 20.4. The highest BCUT2D eigenvalue weighted by Gasteiger charge is 2.32. The Morgan fingerprint density at radius 3 is 2.48 bits per heavy atom. The van der Waals surface area contributed by atoms with Crippen LogP contribution in [-0.4, -0.2) is 30.9 Å². The Morgan fingerprint density at radius 2 is 1.93 bits per heavy atom. The fourth-order valence-electron chi connectivity index (χ4n) is 2.64. The highest BCUT2D eigenvalue weighted by Crippen LogP contribution is 2.29. The van der Waals surface area contributed by atoms with Gasteiger partial charge in [-0.15, -0.1) is 0 Å². The van der Waals surface area contributed by atoms with E-state index in [0.29, 0.717) is 28.8 Å². The van der Waals surface area contributed by atoms with Crippen molar-refractivity contribution >= 4 is 0 Å². The number of alkyl halides is 3. The first-order chi connectivity index (χ1) is 13.7. The standard InChI is InChI=1S/C18H16F4N6O/c1-11-4-14(13-2-3-15(24-7-13)18(20,21)22)8-25-16(11)27-10-26-28(17(27)29)9-12(5-19)6-23/h2-5,7-8,10H,6,9,23H2,1H3/b12-5+. The second kappa shape index (κ2) is 7.95. The Morgan fingerprint density at radius 1 is 1.21 bits per heavy atom. The maximum absolute atomic E-state index is 12.7. The first-order valence-corrected chi connectivity index (χ1v) is 8.38. The Bertz CT molecular complexity index is 1100. The van der Waals surface area contributed by atoms with Gasteiger partial charge in [-0.05, 0) is 30.2 Å². The average molecular weight is 408 g/mol. The number of halogens is 4. The number of nitrogens with zero attached hydrogens (tertiary/aromatic N) is 5. The number of aryl methyl sites for hydroxylation is 1. The Kier molecular flexibility index (Phi) is 5.59. The van der Waals surface area contributed by atoms with E-state index in [0.717, 1.165) is 16.9 Å². The van der Waals surface area contributed by atoms with Crippen LogP contribution < -0.4 is 11.4 Å². The van der Waals surface area contributed by atoms with Crippen LogP contribution in [0.4, 0.5) is 17.6 Å². The summed E-state index contributed by atoms with van der Waals surface area (Å²) in [6.45, 7) is 1.55. The van der Waals surface area contributed by atoms with Crippen LogP contribution in [0, 0.1) is 6.92 Å². The highest BCUT2D eigenvalue weighted by atomic mass is 19.4. The Balaban J connectivity index is 1.91. The number of nitrogens with two attached hydrogens (primary N) is 1. The van der Waals surface area contributed by atoms with Gasteiger partial charge >= 0.3 is 11.9 Å². The summed E-state index contributed by atoms with van der Waals surface area (Å²) >= 11 is 0. The predicted molar refractivity (Wildman–Crippen MR) is 96.8 cm³/mol. The molecule has 0 aliphatic heterocycles. The predicted octanol–water partition coefficient (Wildman–Crippen LogP) is 2.63. The molecule has 11 heteroatoms. The van der Waals surface area contributed by atoms with Crippen LogP contribution in [0.15, 0.2) is 53.6 Å². The van der Waals surface area contributed by atoms with Crippen molar-refractivity contribution in [1.29, 1.82) is 0 Å². The third kappa shape index (κ3) is 4.24. The first-order valence-electron chi connectivity index (χ1n) is 8.38. The summed E-state index contributed by atoms with van der Waals surface area (Å²) in [5.74, 6) is 0.295. The van der Waals surface area contributed by atoms with Gasteiger partial charge in [-0.3, -0.25) is 4.98 Å². The zero-order valence-electron chi connectivity index (χ0n) is 15.2. The normalized spacial score (nSPS) is 12.4. The SMILES string of the molecule is Cc1cc(-c2ccc(C(F)(F)F)nc2)cnc1-n1cnn(C/C(=C/F)CN)c1=O. The molecule has 7 nitrogen and oxygen atoms in total. The van der Waals surface area contributed by atoms with Gasteiger partial charge in [0, 0.05) is 30.1 Å². The molecule has 3 rings (SSSR count). The van der Waals surface area contributed by atoms with Crippen LogP contribution in [0.2, 0.25) is 0 Å². The molecule has 0 saturated carbocycles. The molecular formula is C18H16F4N6O. The molecule has 0 unspecified atom stereocenters. The van der Waals surface area contributed by atoms with Crippen LogP contribution in [-0.2, 0) is 12.7 Å². The summed E-state index contributed by atoms with van der Waals surface area (Å²) < 4.78 is 52.9. The zero-order valence-corrected chi connectivity index (χ0v) is 15.2. The van der Waals surface area contributed by atoms with E-state index in [9.17, 15) is 22.4 Å². The van der Waals surface area contributed by atoms with E-state index in [1.54, 1.807) is 13.0 Å². The van der Waals surface area contributed by atoms with E-state index in [1.165, 1.54) is 23.2 Å². The molecule has 0 aliphatic rings. The van der Waals surface area contributed by atoms with Crippen molar-refractivity contribution in [2.24, 2.45) is 5.73 Å². The molecule has 3 heterocycles. The molecule has 3 aromatic heterocycles. The lowest BCUT2D eigenvalue weighted by Crippen LogP contribution is -2.26. The number of hydrogen-bond donors (Lipinski definition) is 1. The topological polar surface area (TPSA) is 91.6 Å². The van der Waals surface area contributed by atoms with Gasteiger partial charge in [0.1, 0.15) is 17.8 Å². The summed E-state index contributed by atoms with van der Waals surface area (Å²) in [4.78, 5) is 20.2. The highest BCUT2D eigenvalue weighted by molar-refractivity contribution is 5.63. The molecule has 0 aromatic carbocycles. The van der Waals surface area contributed by atoms with E-state index in [4.69, 9.17) is 5.73 Å². The third-order valence-corrected chi connectivity index (χ3v) is 4.17. The number of pyridine rings is 2. The van der Waals surface area contributed by atoms with Gasteiger partial charge in [0.05, 0.1) is 12.9 Å². The van der Waals surface area contributed by atoms with Crippen LogP contribution in [0.5, 0.6) is 0 Å². The minimum Gasteiger partial charge on any atom is -0.327 e. The molecule has 2 N–H and O–H groups in total. The minimum atomic E-state index is -4.51. The molecule has 3 aromatic rings. The fourth-order valence-corrected chi connectivity index (χ4v) is 2.64. The molecule has 0 atom stereocenters. The molecule has 152 valence electrons. The lowest BCUT2D eigenvalue weighted by Gasteiger charge is -2.09. The molecule has 0 spiro atoms. The zero-order chi connectivity index (χ0) is 21.2. The summed E-state index contributed by atoms with van der Waals surface area (Å²) in [5, 5.41) is 3.93. The van der Waals surface area contributed by atoms with E-state index >= 15 is 0 Å². The molecule has 0 amide bonds.